The molecule has 0 N–H and O–H groups in total. The lowest BCUT2D eigenvalue weighted by molar-refractivity contribution is -0.671. The summed E-state index contributed by atoms with van der Waals surface area (Å²) < 4.78 is 121. The van der Waals surface area contributed by atoms with Gasteiger partial charge in [0.15, 0.2) is 24.8 Å². The van der Waals surface area contributed by atoms with Gasteiger partial charge in [-0.15, -0.1) is 0 Å². The largest absolute Gasteiger partial charge is 0.673 e. The Balaban J connectivity index is -0.000000295. The number of aromatic nitrogens is 2. The normalized spacial score (nSPS) is 10.4. The first-order valence-electron chi connectivity index (χ1n) is 7.21. The predicted molar refractivity (Wildman–Crippen MR) is 85.8 cm³/mol. The number of nitrogens with zero attached hydrogens (tertiary/aromatic N) is 2. The molecule has 168 valence electrons. The molecular weight excluding hydrogens is 433 g/mol. The smallest absolute Gasteiger partial charge is 0.418 e. The van der Waals surface area contributed by atoms with Crippen LogP contribution < -0.4 is 9.13 Å². The molecule has 0 aliphatic carbocycles. The van der Waals surface area contributed by atoms with Crippen molar-refractivity contribution < 1.29 is 60.9 Å². The van der Waals surface area contributed by atoms with Gasteiger partial charge in [-0.2, -0.15) is 0 Å². The predicted octanol–water partition coefficient (Wildman–Crippen LogP) is 4.92. The Labute approximate surface area is 159 Å². The standard InChI is InChI=1S/2C6H8N.3BF4/c2*1-7-5-3-2-4-6-7;3*2-1(3,4)5/h2*2-6H,1H3;;;/q2*+1;3*-1. The molecular formula is C12H16B3F12N2-. The molecule has 2 rings (SSSR count). The van der Waals surface area contributed by atoms with Gasteiger partial charge in [-0.1, -0.05) is 12.1 Å². The Morgan fingerprint density at radius 3 is 0.586 bits per heavy atom. The van der Waals surface area contributed by atoms with E-state index in [-0.39, 0.29) is 0 Å². The maximum absolute atomic E-state index is 9.75. The van der Waals surface area contributed by atoms with E-state index < -0.39 is 21.8 Å². The van der Waals surface area contributed by atoms with Crippen LogP contribution in [-0.2, 0) is 14.1 Å². The summed E-state index contributed by atoms with van der Waals surface area (Å²) in [6.07, 6.45) is 8.00. The van der Waals surface area contributed by atoms with Crippen molar-refractivity contribution in [3.05, 3.63) is 61.2 Å². The summed E-state index contributed by atoms with van der Waals surface area (Å²) >= 11 is 0. The Bertz CT molecular complexity index is 521. The van der Waals surface area contributed by atoms with Gasteiger partial charge >= 0.3 is 21.8 Å². The molecule has 0 saturated heterocycles. The van der Waals surface area contributed by atoms with Crippen LogP contribution in [0.2, 0.25) is 0 Å². The third kappa shape index (κ3) is 77.0. The molecule has 0 radical (unpaired) electrons. The third-order valence-corrected chi connectivity index (χ3v) is 1.73. The summed E-state index contributed by atoms with van der Waals surface area (Å²) in [6, 6.07) is 12.0. The highest BCUT2D eigenvalue weighted by Crippen LogP contribution is 2.07. The van der Waals surface area contributed by atoms with E-state index in [1.54, 1.807) is 0 Å². The van der Waals surface area contributed by atoms with E-state index in [4.69, 9.17) is 0 Å². The van der Waals surface area contributed by atoms with Crippen molar-refractivity contribution in [1.82, 2.24) is 0 Å². The summed E-state index contributed by atoms with van der Waals surface area (Å²) in [4.78, 5) is 0. The monoisotopic (exact) mass is 449 g/mol. The van der Waals surface area contributed by atoms with Crippen LogP contribution in [0, 0.1) is 0 Å². The van der Waals surface area contributed by atoms with Crippen LogP contribution in [-0.4, -0.2) is 21.8 Å². The maximum atomic E-state index is 9.75. The van der Waals surface area contributed by atoms with E-state index in [9.17, 15) is 51.8 Å². The van der Waals surface area contributed by atoms with Gasteiger partial charge < -0.3 is 51.8 Å². The van der Waals surface area contributed by atoms with E-state index in [2.05, 4.69) is 0 Å². The van der Waals surface area contributed by atoms with Crippen LogP contribution >= 0.6 is 0 Å². The second-order valence-corrected chi connectivity index (χ2v) is 4.57. The molecule has 0 saturated carbocycles. The summed E-state index contributed by atoms with van der Waals surface area (Å²) in [5, 5.41) is 0. The van der Waals surface area contributed by atoms with Crippen LogP contribution in [0.5, 0.6) is 0 Å². The molecule has 0 aromatic carbocycles. The molecule has 0 aliphatic heterocycles. The summed E-state index contributed by atoms with van der Waals surface area (Å²) in [6.45, 7) is 0. The Kier molecular flexibility index (Phi) is 16.8. The molecule has 0 atom stereocenters. The molecule has 2 aromatic heterocycles. The minimum atomic E-state index is -6.00. The first kappa shape index (κ1) is 31.4. The first-order chi connectivity index (χ1) is 12.8. The van der Waals surface area contributed by atoms with Crippen LogP contribution in [0.4, 0.5) is 51.8 Å². The average molecular weight is 449 g/mol. The minimum absolute atomic E-state index is 2.00. The van der Waals surface area contributed by atoms with Crippen molar-refractivity contribution >= 4 is 21.8 Å². The van der Waals surface area contributed by atoms with Gasteiger partial charge in [0.25, 0.3) is 0 Å². The average Bonchev–Trinajstić information content (AvgIpc) is 2.44. The highest BCUT2D eigenvalue weighted by Gasteiger charge is 2.21. The van der Waals surface area contributed by atoms with Crippen LogP contribution in [0.3, 0.4) is 0 Å². The van der Waals surface area contributed by atoms with Crippen molar-refractivity contribution in [1.29, 1.82) is 0 Å². The highest BCUT2D eigenvalue weighted by molar-refractivity contribution is 6.50. The fourth-order valence-electron chi connectivity index (χ4n) is 0.969. The van der Waals surface area contributed by atoms with Gasteiger partial charge in [-0.3, -0.25) is 0 Å². The van der Waals surface area contributed by atoms with Gasteiger partial charge in [0.2, 0.25) is 0 Å². The van der Waals surface area contributed by atoms with E-state index in [0.29, 0.717) is 0 Å². The zero-order chi connectivity index (χ0) is 23.7. The summed E-state index contributed by atoms with van der Waals surface area (Å²) in [5.74, 6) is 0. The van der Waals surface area contributed by atoms with Crippen molar-refractivity contribution in [3.63, 3.8) is 0 Å². The zero-order valence-corrected chi connectivity index (χ0v) is 14.9. The van der Waals surface area contributed by atoms with Gasteiger partial charge in [0.1, 0.15) is 14.1 Å². The van der Waals surface area contributed by atoms with Gasteiger partial charge in [0.05, 0.1) is 0 Å². The van der Waals surface area contributed by atoms with Gasteiger partial charge in [0, 0.05) is 24.3 Å². The molecule has 0 bridgehead atoms. The lowest BCUT2D eigenvalue weighted by Crippen LogP contribution is -2.25. The fourth-order valence-corrected chi connectivity index (χ4v) is 0.969. The van der Waals surface area contributed by atoms with Crippen molar-refractivity contribution in [3.8, 4) is 0 Å². The van der Waals surface area contributed by atoms with Crippen LogP contribution in [0.25, 0.3) is 0 Å². The minimum Gasteiger partial charge on any atom is -0.418 e. The molecule has 2 nitrogen and oxygen atoms in total. The second kappa shape index (κ2) is 15.6. The van der Waals surface area contributed by atoms with Gasteiger partial charge in [-0.25, -0.2) is 9.13 Å². The van der Waals surface area contributed by atoms with Crippen LogP contribution in [0.1, 0.15) is 0 Å². The molecule has 2 heterocycles. The molecule has 0 amide bonds. The number of hydrogen-bond donors (Lipinski definition) is 0. The van der Waals surface area contributed by atoms with E-state index in [1.807, 2.05) is 84.4 Å². The van der Waals surface area contributed by atoms with Crippen LogP contribution in [0.15, 0.2) is 61.2 Å². The first-order valence-corrected chi connectivity index (χ1v) is 7.21. The number of aryl methyl sites for hydroxylation is 2. The summed E-state index contributed by atoms with van der Waals surface area (Å²) in [5.41, 5.74) is 0. The highest BCUT2D eigenvalue weighted by atomic mass is 19.5. The molecule has 0 fully saturated rings. The maximum Gasteiger partial charge on any atom is 0.673 e. The van der Waals surface area contributed by atoms with Crippen molar-refractivity contribution in [2.45, 2.75) is 0 Å². The molecule has 2 aromatic rings. The molecule has 17 heteroatoms. The van der Waals surface area contributed by atoms with E-state index in [1.165, 1.54) is 0 Å². The number of hydrogen-bond acceptors (Lipinski definition) is 0. The van der Waals surface area contributed by atoms with E-state index in [0.717, 1.165) is 0 Å². The number of pyridine rings is 2. The lowest BCUT2D eigenvalue weighted by Gasteiger charge is -1.94. The van der Waals surface area contributed by atoms with Crippen molar-refractivity contribution in [2.24, 2.45) is 14.1 Å². The Morgan fingerprint density at radius 2 is 0.517 bits per heavy atom. The number of rotatable bonds is 0. The second-order valence-electron chi connectivity index (χ2n) is 4.57. The molecule has 0 aliphatic rings. The quantitative estimate of drug-likeness (QED) is 0.307. The van der Waals surface area contributed by atoms with Crippen molar-refractivity contribution in [2.75, 3.05) is 0 Å². The zero-order valence-electron chi connectivity index (χ0n) is 14.9. The number of halogens is 12. The Hall–Kier alpha value is -2.35. The lowest BCUT2D eigenvalue weighted by atomic mass is 10.3. The molecule has 0 spiro atoms. The van der Waals surface area contributed by atoms with Gasteiger partial charge in [-0.05, 0) is 0 Å². The van der Waals surface area contributed by atoms with E-state index >= 15 is 0 Å². The molecule has 29 heavy (non-hydrogen) atoms. The topological polar surface area (TPSA) is 7.76 Å². The third-order valence-electron chi connectivity index (χ3n) is 1.73. The fraction of sp³-hybridized carbons (Fsp3) is 0.167. The Morgan fingerprint density at radius 1 is 0.379 bits per heavy atom. The SMILES string of the molecule is C[n+]1ccccc1.C[n+]1ccccc1.F[B-](F)(F)F.F[B-](F)(F)F.F[B-](F)(F)F. The summed E-state index contributed by atoms with van der Waals surface area (Å²) in [7, 11) is -14.0. The molecule has 0 unspecified atom stereocenters.